The van der Waals surface area contributed by atoms with Gasteiger partial charge in [0, 0.05) is 29.2 Å². The third-order valence-electron chi connectivity index (χ3n) is 6.71. The first-order valence-corrected chi connectivity index (χ1v) is 14.8. The number of sulfone groups is 1. The molecule has 3 N–H and O–H groups in total. The Morgan fingerprint density at radius 1 is 0.875 bits per heavy atom. The normalized spacial score (nSPS) is 12.6. The van der Waals surface area contributed by atoms with Gasteiger partial charge < -0.3 is 20.5 Å². The summed E-state index contributed by atoms with van der Waals surface area (Å²) in [6.45, 7) is 1.73. The number of nitro groups is 1. The summed E-state index contributed by atoms with van der Waals surface area (Å²) in [4.78, 5) is 13.1. The molecule has 0 amide bonds. The molecule has 0 aliphatic carbocycles. The van der Waals surface area contributed by atoms with E-state index in [9.17, 15) is 54.4 Å². The largest absolute Gasteiger partial charge is 0.507 e. The van der Waals surface area contributed by atoms with Crippen LogP contribution in [0.15, 0.2) is 88.8 Å². The van der Waals surface area contributed by atoms with Crippen LogP contribution in [0.2, 0.25) is 0 Å². The van der Waals surface area contributed by atoms with Crippen molar-refractivity contribution in [1.82, 2.24) is 0 Å². The molecule has 4 rings (SSSR count). The number of alkyl halides is 7. The number of phenolic OH excluding ortho intramolecular Hbond substituents is 1. The summed E-state index contributed by atoms with van der Waals surface area (Å²) in [5, 5.41) is 20.5. The molecule has 254 valence electrons. The van der Waals surface area contributed by atoms with E-state index in [2.05, 4.69) is 15.6 Å². The molecule has 0 spiro atoms. The predicted molar refractivity (Wildman–Crippen MR) is 162 cm³/mol. The molecule has 0 saturated carbocycles. The standard InChI is InChI=1S/C30H23F7N4O6S/c1-17-3-5-21(6-4-17)40-27-24(39-20-9-7-19(8-10-20)38-16-18-13-22(47-2)11-12-26(18)42)14-23(15-25(27)41(43)44)48(45,46)30(36,37)28(31,32)29(33,34)35/h3-16,39-40,42H,1-2H3. The Hall–Kier alpha value is -5.39. The summed E-state index contributed by atoms with van der Waals surface area (Å²) in [7, 11) is -5.50. The van der Waals surface area contributed by atoms with Crippen LogP contribution in [0, 0.1) is 17.0 Å². The van der Waals surface area contributed by atoms with Crippen molar-refractivity contribution in [3.63, 3.8) is 0 Å². The molecular formula is C30H23F7N4O6S. The van der Waals surface area contributed by atoms with Gasteiger partial charge in [0.05, 0.1) is 28.3 Å². The highest BCUT2D eigenvalue weighted by molar-refractivity contribution is 7.92. The van der Waals surface area contributed by atoms with E-state index in [1.165, 1.54) is 67.9 Å². The third-order valence-corrected chi connectivity index (χ3v) is 8.50. The summed E-state index contributed by atoms with van der Waals surface area (Å²) < 4.78 is 126. The zero-order chi connectivity index (χ0) is 35.7. The maximum atomic E-state index is 14.5. The van der Waals surface area contributed by atoms with E-state index < -0.39 is 54.1 Å². The number of halogens is 7. The average Bonchev–Trinajstić information content (AvgIpc) is 3.02. The molecule has 4 aromatic carbocycles. The number of aliphatic imine (C=N–C) groups is 1. The van der Waals surface area contributed by atoms with Crippen molar-refractivity contribution in [2.24, 2.45) is 4.99 Å². The number of anilines is 4. The first kappa shape index (κ1) is 35.5. The number of ether oxygens (including phenoxy) is 1. The molecular weight excluding hydrogens is 677 g/mol. The van der Waals surface area contributed by atoms with Crippen molar-refractivity contribution < 1.29 is 53.9 Å². The lowest BCUT2D eigenvalue weighted by molar-refractivity contribution is -0.384. The van der Waals surface area contributed by atoms with Crippen molar-refractivity contribution in [1.29, 1.82) is 0 Å². The van der Waals surface area contributed by atoms with Crippen molar-refractivity contribution in [3.05, 3.63) is 100 Å². The molecule has 0 radical (unpaired) electrons. The van der Waals surface area contributed by atoms with E-state index in [0.29, 0.717) is 11.3 Å². The molecule has 18 heteroatoms. The Bertz CT molecular complexity index is 1970. The molecule has 0 saturated heterocycles. The number of phenols is 1. The molecule has 0 heterocycles. The van der Waals surface area contributed by atoms with Crippen LogP contribution in [-0.2, 0) is 9.84 Å². The maximum Gasteiger partial charge on any atom is 0.461 e. The quantitative estimate of drug-likeness (QED) is 0.0613. The monoisotopic (exact) mass is 700 g/mol. The van der Waals surface area contributed by atoms with Crippen LogP contribution < -0.4 is 15.4 Å². The number of nitro benzene ring substituents is 1. The van der Waals surface area contributed by atoms with Gasteiger partial charge in [0.2, 0.25) is 0 Å². The second-order valence-electron chi connectivity index (χ2n) is 10.1. The van der Waals surface area contributed by atoms with E-state index in [-0.39, 0.29) is 34.9 Å². The van der Waals surface area contributed by atoms with Crippen molar-refractivity contribution in [2.45, 2.75) is 29.2 Å². The molecule has 0 aliphatic rings. The van der Waals surface area contributed by atoms with Gasteiger partial charge in [-0.1, -0.05) is 17.7 Å². The van der Waals surface area contributed by atoms with Gasteiger partial charge in [-0.2, -0.15) is 30.7 Å². The number of aryl methyl sites for hydroxylation is 1. The van der Waals surface area contributed by atoms with Crippen molar-refractivity contribution in [2.75, 3.05) is 17.7 Å². The fourth-order valence-corrected chi connectivity index (χ4v) is 5.38. The number of rotatable bonds is 11. The second kappa shape index (κ2) is 13.0. The number of nitrogens with zero attached hydrogens (tertiary/aromatic N) is 2. The number of aromatic hydroxyl groups is 1. The van der Waals surface area contributed by atoms with Crippen LogP contribution >= 0.6 is 0 Å². The minimum atomic E-state index is -7.06. The Balaban J connectivity index is 1.81. The lowest BCUT2D eigenvalue weighted by Crippen LogP contribution is -2.55. The van der Waals surface area contributed by atoms with Gasteiger partial charge in [-0.25, -0.2) is 8.42 Å². The second-order valence-corrected chi connectivity index (χ2v) is 12.1. The number of methoxy groups -OCH3 is 1. The summed E-state index contributed by atoms with van der Waals surface area (Å²) in [6.07, 6.45) is -5.68. The lowest BCUT2D eigenvalue weighted by Gasteiger charge is -2.28. The SMILES string of the molecule is COc1ccc(O)c(C=Nc2ccc(Nc3cc(S(=O)(=O)C(F)(F)C(F)(F)C(F)(F)F)cc([N+](=O)[O-])c3Nc3ccc(C)cc3)cc2)c1. The fraction of sp³-hybridized carbons (Fsp3) is 0.167. The van der Waals surface area contributed by atoms with E-state index in [0.717, 1.165) is 5.56 Å². The van der Waals surface area contributed by atoms with Crippen LogP contribution in [0.25, 0.3) is 0 Å². The Labute approximate surface area is 267 Å². The Kier molecular flexibility index (Phi) is 9.62. The van der Waals surface area contributed by atoms with Crippen LogP contribution in [0.4, 0.5) is 64.9 Å². The van der Waals surface area contributed by atoms with Gasteiger partial charge in [0.1, 0.15) is 17.2 Å². The molecule has 0 aromatic heterocycles. The first-order valence-electron chi connectivity index (χ1n) is 13.3. The number of hydrogen-bond acceptors (Lipinski definition) is 9. The van der Waals surface area contributed by atoms with Gasteiger partial charge in [-0.3, -0.25) is 15.1 Å². The van der Waals surface area contributed by atoms with Crippen molar-refractivity contribution >= 4 is 50.2 Å². The van der Waals surface area contributed by atoms with E-state index in [4.69, 9.17) is 4.74 Å². The topological polar surface area (TPSA) is 143 Å². The minimum Gasteiger partial charge on any atom is -0.507 e. The number of benzene rings is 4. The summed E-state index contributed by atoms with van der Waals surface area (Å²) in [5.74, 6) is -6.73. The highest BCUT2D eigenvalue weighted by Gasteiger charge is 2.78. The van der Waals surface area contributed by atoms with E-state index in [1.807, 2.05) is 0 Å². The molecule has 10 nitrogen and oxygen atoms in total. The molecule has 48 heavy (non-hydrogen) atoms. The van der Waals surface area contributed by atoms with Gasteiger partial charge >= 0.3 is 17.4 Å². The molecule has 0 unspecified atom stereocenters. The van der Waals surface area contributed by atoms with Gasteiger partial charge in [-0.15, -0.1) is 0 Å². The highest BCUT2D eigenvalue weighted by Crippen LogP contribution is 2.52. The van der Waals surface area contributed by atoms with Crippen LogP contribution in [-0.4, -0.2) is 49.1 Å². The summed E-state index contributed by atoms with van der Waals surface area (Å²) >= 11 is 0. The summed E-state index contributed by atoms with van der Waals surface area (Å²) in [6, 6.07) is 16.1. The Morgan fingerprint density at radius 2 is 1.46 bits per heavy atom. The number of nitrogens with one attached hydrogen (secondary N) is 2. The van der Waals surface area contributed by atoms with Crippen LogP contribution in [0.5, 0.6) is 11.5 Å². The minimum absolute atomic E-state index is 0.0290. The van der Waals surface area contributed by atoms with Gasteiger partial charge in [0.15, 0.2) is 0 Å². The van der Waals surface area contributed by atoms with Gasteiger partial charge in [0.25, 0.3) is 15.5 Å². The third kappa shape index (κ3) is 6.97. The zero-order valence-electron chi connectivity index (χ0n) is 24.5. The van der Waals surface area contributed by atoms with Crippen LogP contribution in [0.3, 0.4) is 0 Å². The molecule has 4 aromatic rings. The van der Waals surface area contributed by atoms with E-state index in [1.54, 1.807) is 19.1 Å². The maximum absolute atomic E-state index is 14.5. The van der Waals surface area contributed by atoms with Crippen molar-refractivity contribution in [3.8, 4) is 11.5 Å². The summed E-state index contributed by atoms with van der Waals surface area (Å²) in [5.41, 5.74) is -0.866. The molecule has 0 aliphatic heterocycles. The smallest absolute Gasteiger partial charge is 0.461 e. The molecule has 0 atom stereocenters. The highest BCUT2D eigenvalue weighted by atomic mass is 32.2. The van der Waals surface area contributed by atoms with Crippen LogP contribution in [0.1, 0.15) is 11.1 Å². The number of hydrogen-bond donors (Lipinski definition) is 3. The average molecular weight is 701 g/mol. The lowest BCUT2D eigenvalue weighted by atomic mass is 10.1. The Morgan fingerprint density at radius 3 is 2.02 bits per heavy atom. The fourth-order valence-electron chi connectivity index (χ4n) is 4.09. The van der Waals surface area contributed by atoms with E-state index >= 15 is 0 Å². The first-order chi connectivity index (χ1) is 22.3. The van der Waals surface area contributed by atoms with Gasteiger partial charge in [-0.05, 0) is 67.6 Å². The predicted octanol–water partition coefficient (Wildman–Crippen LogP) is 8.42. The molecule has 0 fully saturated rings. The zero-order valence-corrected chi connectivity index (χ0v) is 25.3. The molecule has 0 bridgehead atoms.